The van der Waals surface area contributed by atoms with Crippen LogP contribution in [0.5, 0.6) is 5.75 Å². The van der Waals surface area contributed by atoms with Crippen LogP contribution in [0.1, 0.15) is 5.69 Å². The molecule has 7 heteroatoms. The summed E-state index contributed by atoms with van der Waals surface area (Å²) in [7, 11) is 0. The summed E-state index contributed by atoms with van der Waals surface area (Å²) in [6.07, 6.45) is 3.29. The van der Waals surface area contributed by atoms with Gasteiger partial charge in [0.15, 0.2) is 5.75 Å². The lowest BCUT2D eigenvalue weighted by molar-refractivity contribution is 0.139. The monoisotopic (exact) mass is 316 g/mol. The summed E-state index contributed by atoms with van der Waals surface area (Å²) >= 11 is 0. The molecule has 1 fully saturated rings. The molecule has 4 rings (SSSR count). The van der Waals surface area contributed by atoms with E-state index in [9.17, 15) is 4.39 Å². The number of halogens is 1. The van der Waals surface area contributed by atoms with Gasteiger partial charge in [0, 0.05) is 17.8 Å². The quantitative estimate of drug-likeness (QED) is 0.673. The van der Waals surface area contributed by atoms with Crippen molar-refractivity contribution in [3.63, 3.8) is 0 Å². The van der Waals surface area contributed by atoms with Gasteiger partial charge in [0.25, 0.3) is 0 Å². The van der Waals surface area contributed by atoms with Gasteiger partial charge in [-0.25, -0.2) is 4.39 Å². The van der Waals surface area contributed by atoms with Gasteiger partial charge in [-0.2, -0.15) is 5.10 Å². The molecular formula is C16H17FN4O2. The third kappa shape index (κ3) is 3.06. The van der Waals surface area contributed by atoms with Crippen molar-refractivity contribution < 1.29 is 13.9 Å². The van der Waals surface area contributed by atoms with Crippen LogP contribution < -0.4 is 10.1 Å². The average molecular weight is 316 g/mol. The molecule has 0 radical (unpaired) electrons. The Labute approximate surface area is 132 Å². The number of aromatic amines is 2. The van der Waals surface area contributed by atoms with Crippen LogP contribution in [0.25, 0.3) is 10.9 Å². The van der Waals surface area contributed by atoms with Crippen molar-refractivity contribution in [3.05, 3.63) is 48.2 Å². The first-order chi connectivity index (χ1) is 11.3. The molecule has 2 atom stereocenters. The molecule has 3 heterocycles. The van der Waals surface area contributed by atoms with E-state index in [4.69, 9.17) is 9.47 Å². The predicted octanol–water partition coefficient (Wildman–Crippen LogP) is 1.97. The molecule has 1 aliphatic heterocycles. The van der Waals surface area contributed by atoms with Gasteiger partial charge in [-0.3, -0.25) is 5.10 Å². The zero-order valence-electron chi connectivity index (χ0n) is 12.4. The molecule has 1 aromatic carbocycles. The van der Waals surface area contributed by atoms with Gasteiger partial charge >= 0.3 is 0 Å². The molecule has 6 nitrogen and oxygen atoms in total. The summed E-state index contributed by atoms with van der Waals surface area (Å²) in [5, 5.41) is 11.0. The number of nitrogens with zero attached hydrogens (tertiary/aromatic N) is 1. The molecule has 1 saturated heterocycles. The number of hydrogen-bond donors (Lipinski definition) is 3. The molecule has 0 bridgehead atoms. The van der Waals surface area contributed by atoms with Crippen molar-refractivity contribution in [2.75, 3.05) is 13.2 Å². The van der Waals surface area contributed by atoms with Crippen LogP contribution in [0.15, 0.2) is 36.7 Å². The first-order valence-corrected chi connectivity index (χ1v) is 7.51. The minimum absolute atomic E-state index is 0.0607. The van der Waals surface area contributed by atoms with E-state index in [1.54, 1.807) is 18.5 Å². The highest BCUT2D eigenvalue weighted by molar-refractivity contribution is 5.80. The second-order valence-corrected chi connectivity index (χ2v) is 5.64. The van der Waals surface area contributed by atoms with Crippen LogP contribution in [0.3, 0.4) is 0 Å². The fraction of sp³-hybridized carbons (Fsp3) is 0.312. The largest absolute Gasteiger partial charge is 0.483 e. The number of hydrogen-bond acceptors (Lipinski definition) is 4. The fourth-order valence-corrected chi connectivity index (χ4v) is 2.82. The van der Waals surface area contributed by atoms with E-state index < -0.39 is 0 Å². The van der Waals surface area contributed by atoms with E-state index in [1.807, 2.05) is 6.07 Å². The Morgan fingerprint density at radius 2 is 2.30 bits per heavy atom. The van der Waals surface area contributed by atoms with E-state index in [1.165, 1.54) is 12.1 Å². The number of aromatic nitrogens is 3. The SMILES string of the molecule is Fc1ccc2cc(CN[C@H]3COC[C@H]3Oc3cn[nH]c3)[nH]c2c1. The summed E-state index contributed by atoms with van der Waals surface area (Å²) < 4.78 is 24.6. The maximum atomic E-state index is 13.2. The van der Waals surface area contributed by atoms with E-state index in [-0.39, 0.29) is 18.0 Å². The maximum absolute atomic E-state index is 13.2. The van der Waals surface area contributed by atoms with Crippen LogP contribution in [0, 0.1) is 5.82 Å². The number of ether oxygens (including phenoxy) is 2. The summed E-state index contributed by atoms with van der Waals surface area (Å²) in [5.41, 5.74) is 1.80. The smallest absolute Gasteiger partial charge is 0.157 e. The molecule has 2 aromatic heterocycles. The Balaban J connectivity index is 1.40. The van der Waals surface area contributed by atoms with Crippen LogP contribution in [-0.4, -0.2) is 40.5 Å². The second kappa shape index (κ2) is 6.02. The van der Waals surface area contributed by atoms with Gasteiger partial charge in [-0.05, 0) is 29.7 Å². The van der Waals surface area contributed by atoms with Crippen molar-refractivity contribution in [3.8, 4) is 5.75 Å². The molecular weight excluding hydrogens is 299 g/mol. The minimum Gasteiger partial charge on any atom is -0.483 e. The normalized spacial score (nSPS) is 21.1. The Hall–Kier alpha value is -2.38. The van der Waals surface area contributed by atoms with Crippen LogP contribution >= 0.6 is 0 Å². The number of fused-ring (bicyclic) bond motifs is 1. The molecule has 0 aliphatic carbocycles. The lowest BCUT2D eigenvalue weighted by atomic mass is 10.2. The summed E-state index contributed by atoms with van der Waals surface area (Å²) in [6.45, 7) is 1.77. The highest BCUT2D eigenvalue weighted by Crippen LogP contribution is 2.18. The standard InChI is InChI=1S/C16H17FN4O2/c17-11-2-1-10-3-12(21-14(10)4-11)5-18-15-8-22-9-16(15)23-13-6-19-20-7-13/h1-4,6-7,15-16,18,21H,5,8-9H2,(H,19,20)/t15-,16+/m0/s1. The maximum Gasteiger partial charge on any atom is 0.157 e. The zero-order valence-corrected chi connectivity index (χ0v) is 12.4. The van der Waals surface area contributed by atoms with E-state index in [0.29, 0.717) is 25.5 Å². The molecule has 0 spiro atoms. The molecule has 3 N–H and O–H groups in total. The second-order valence-electron chi connectivity index (χ2n) is 5.64. The fourth-order valence-electron chi connectivity index (χ4n) is 2.82. The molecule has 0 amide bonds. The Morgan fingerprint density at radius 3 is 3.17 bits per heavy atom. The third-order valence-corrected chi connectivity index (χ3v) is 3.98. The third-order valence-electron chi connectivity index (χ3n) is 3.98. The van der Waals surface area contributed by atoms with E-state index in [2.05, 4.69) is 20.5 Å². The topological polar surface area (TPSA) is 75.0 Å². The number of rotatable bonds is 5. The highest BCUT2D eigenvalue weighted by Gasteiger charge is 2.30. The Morgan fingerprint density at radius 1 is 1.35 bits per heavy atom. The van der Waals surface area contributed by atoms with Crippen molar-refractivity contribution in [2.45, 2.75) is 18.7 Å². The van der Waals surface area contributed by atoms with Gasteiger partial charge < -0.3 is 19.8 Å². The number of nitrogens with one attached hydrogen (secondary N) is 3. The van der Waals surface area contributed by atoms with Crippen molar-refractivity contribution in [1.82, 2.24) is 20.5 Å². The van der Waals surface area contributed by atoms with E-state index in [0.717, 1.165) is 16.6 Å². The van der Waals surface area contributed by atoms with Crippen LogP contribution in [0.4, 0.5) is 4.39 Å². The van der Waals surface area contributed by atoms with Crippen molar-refractivity contribution >= 4 is 10.9 Å². The molecule has 120 valence electrons. The average Bonchev–Trinajstić information content (AvgIpc) is 3.26. The van der Waals surface area contributed by atoms with E-state index >= 15 is 0 Å². The highest BCUT2D eigenvalue weighted by atomic mass is 19.1. The summed E-state index contributed by atoms with van der Waals surface area (Å²) in [4.78, 5) is 3.22. The van der Waals surface area contributed by atoms with Crippen LogP contribution in [0.2, 0.25) is 0 Å². The first-order valence-electron chi connectivity index (χ1n) is 7.51. The van der Waals surface area contributed by atoms with Gasteiger partial charge in [0.1, 0.15) is 11.9 Å². The molecule has 3 aromatic rings. The molecule has 23 heavy (non-hydrogen) atoms. The number of H-pyrrole nitrogens is 2. The lowest BCUT2D eigenvalue weighted by Gasteiger charge is -2.19. The van der Waals surface area contributed by atoms with Gasteiger partial charge in [-0.15, -0.1) is 0 Å². The predicted molar refractivity (Wildman–Crippen MR) is 82.7 cm³/mol. The van der Waals surface area contributed by atoms with Gasteiger partial charge in [0.05, 0.1) is 31.6 Å². The van der Waals surface area contributed by atoms with Gasteiger partial charge in [0.2, 0.25) is 0 Å². The Bertz CT molecular complexity index is 787. The van der Waals surface area contributed by atoms with Crippen molar-refractivity contribution in [2.24, 2.45) is 0 Å². The van der Waals surface area contributed by atoms with Crippen molar-refractivity contribution in [1.29, 1.82) is 0 Å². The summed E-state index contributed by atoms with van der Waals surface area (Å²) in [5.74, 6) is 0.463. The Kier molecular flexibility index (Phi) is 3.72. The molecule has 1 aliphatic rings. The zero-order chi connectivity index (χ0) is 15.6. The summed E-state index contributed by atoms with van der Waals surface area (Å²) in [6, 6.07) is 6.85. The molecule has 0 unspecified atom stereocenters. The lowest BCUT2D eigenvalue weighted by Crippen LogP contribution is -2.41. The minimum atomic E-state index is -0.239. The number of benzene rings is 1. The first kappa shape index (κ1) is 14.2. The van der Waals surface area contributed by atoms with Crippen LogP contribution in [-0.2, 0) is 11.3 Å². The molecule has 0 saturated carbocycles. The van der Waals surface area contributed by atoms with Gasteiger partial charge in [-0.1, -0.05) is 0 Å².